The van der Waals surface area contributed by atoms with Crippen LogP contribution in [0.2, 0.25) is 0 Å². The summed E-state index contributed by atoms with van der Waals surface area (Å²) >= 11 is 0. The van der Waals surface area contributed by atoms with E-state index in [9.17, 15) is 34.5 Å². The highest BCUT2D eigenvalue weighted by atomic mass is 16.7. The van der Waals surface area contributed by atoms with Crippen molar-refractivity contribution in [2.75, 3.05) is 27.7 Å². The average molecular weight is 781 g/mol. The second-order valence-electron chi connectivity index (χ2n) is 16.0. The molecule has 0 saturated carbocycles. The number of alkyl carbamates (subject to hydrolysis) is 1. The number of hydrogen-bond donors (Lipinski definition) is 4. The number of cyclic esters (lactones) is 1. The van der Waals surface area contributed by atoms with Crippen LogP contribution in [0.3, 0.4) is 0 Å². The van der Waals surface area contributed by atoms with Gasteiger partial charge in [0.15, 0.2) is 6.29 Å². The van der Waals surface area contributed by atoms with Crippen LogP contribution in [-0.4, -0.2) is 132 Å². The van der Waals surface area contributed by atoms with E-state index in [1.54, 1.807) is 52.0 Å². The molecule has 1 aromatic carbocycles. The monoisotopic (exact) mass is 780 g/mol. The highest BCUT2D eigenvalue weighted by molar-refractivity contribution is 5.83. The molecule has 2 saturated heterocycles. The first-order chi connectivity index (χ1) is 25.7. The number of benzene rings is 1. The summed E-state index contributed by atoms with van der Waals surface area (Å²) in [5.74, 6) is -6.10. The topological polar surface area (TPSA) is 200 Å². The van der Waals surface area contributed by atoms with Crippen LogP contribution in [0.5, 0.6) is 0 Å². The number of Topliss-reactive ketones (excluding diaryl/α,β-unsaturated/α-hetero) is 1. The third-order valence-corrected chi connectivity index (χ3v) is 11.3. The van der Waals surface area contributed by atoms with Crippen molar-refractivity contribution < 1.29 is 62.9 Å². The number of ether oxygens (including phenoxy) is 6. The van der Waals surface area contributed by atoms with Gasteiger partial charge in [-0.3, -0.25) is 14.4 Å². The van der Waals surface area contributed by atoms with E-state index in [0.717, 1.165) is 5.56 Å². The predicted molar refractivity (Wildman–Crippen MR) is 200 cm³/mol. The molecule has 4 N–H and O–H groups in total. The lowest BCUT2D eigenvalue weighted by Gasteiger charge is -2.48. The number of hydrogen-bond acceptors (Lipinski definition) is 14. The summed E-state index contributed by atoms with van der Waals surface area (Å²) in [5, 5.41) is 36.8. The van der Waals surface area contributed by atoms with Gasteiger partial charge in [-0.25, -0.2) is 4.79 Å². The van der Waals surface area contributed by atoms with Crippen molar-refractivity contribution >= 4 is 23.8 Å². The van der Waals surface area contributed by atoms with E-state index < -0.39 is 96.3 Å². The Balaban J connectivity index is 2.07. The largest absolute Gasteiger partial charge is 0.460 e. The van der Waals surface area contributed by atoms with Crippen LogP contribution in [0.25, 0.3) is 0 Å². The molecule has 15 heteroatoms. The fourth-order valence-corrected chi connectivity index (χ4v) is 7.89. The van der Waals surface area contributed by atoms with Crippen molar-refractivity contribution in [2.24, 2.45) is 23.7 Å². The predicted octanol–water partition coefficient (Wildman–Crippen LogP) is 2.99. The number of aliphatic hydroxyl groups excluding tert-OH is 2. The molecule has 0 aliphatic carbocycles. The highest BCUT2D eigenvalue weighted by Crippen LogP contribution is 2.40. The summed E-state index contributed by atoms with van der Waals surface area (Å²) in [7, 11) is 5.11. The molecule has 1 aromatic rings. The van der Waals surface area contributed by atoms with E-state index in [-0.39, 0.29) is 37.4 Å². The molecule has 0 aromatic heterocycles. The quantitative estimate of drug-likeness (QED) is 0.200. The highest BCUT2D eigenvalue weighted by Gasteiger charge is 2.53. The molecule has 0 bridgehead atoms. The van der Waals surface area contributed by atoms with Crippen molar-refractivity contribution in [3.05, 3.63) is 35.9 Å². The lowest BCUT2D eigenvalue weighted by Crippen LogP contribution is -2.60. The molecule has 312 valence electrons. The maximum Gasteiger partial charge on any atom is 0.407 e. The van der Waals surface area contributed by atoms with Gasteiger partial charge < -0.3 is 54.0 Å². The number of likely N-dealkylation sites (N-methyl/N-ethyl adjacent to an activating group) is 1. The van der Waals surface area contributed by atoms with E-state index >= 15 is 0 Å². The molecule has 14 atom stereocenters. The summed E-state index contributed by atoms with van der Waals surface area (Å²) in [6, 6.07) is 8.64. The van der Waals surface area contributed by atoms with Gasteiger partial charge in [0.05, 0.1) is 29.8 Å². The number of carbonyl (C=O) groups excluding carboxylic acids is 4. The molecule has 2 unspecified atom stereocenters. The smallest absolute Gasteiger partial charge is 0.407 e. The molecule has 15 nitrogen and oxygen atoms in total. The third-order valence-electron chi connectivity index (χ3n) is 11.3. The number of esters is 2. The molecule has 2 fully saturated rings. The number of aliphatic hydroxyl groups is 3. The van der Waals surface area contributed by atoms with Crippen molar-refractivity contribution in [2.45, 2.75) is 141 Å². The van der Waals surface area contributed by atoms with Crippen LogP contribution in [0, 0.1) is 23.7 Å². The number of rotatable bonds is 10. The number of nitrogens with zero attached hydrogens (tertiary/aromatic N) is 1. The molecule has 2 aliphatic heterocycles. The number of nitrogens with one attached hydrogen (secondary N) is 1. The van der Waals surface area contributed by atoms with Gasteiger partial charge in [0, 0.05) is 30.9 Å². The van der Waals surface area contributed by atoms with E-state index in [0.29, 0.717) is 6.42 Å². The van der Waals surface area contributed by atoms with Gasteiger partial charge in [-0.05, 0) is 66.6 Å². The van der Waals surface area contributed by atoms with Gasteiger partial charge in [-0.1, -0.05) is 58.0 Å². The van der Waals surface area contributed by atoms with Crippen LogP contribution in [0.1, 0.15) is 80.2 Å². The Hall–Kier alpha value is -3.18. The van der Waals surface area contributed by atoms with Gasteiger partial charge in [-0.15, -0.1) is 0 Å². The van der Waals surface area contributed by atoms with E-state index in [4.69, 9.17) is 28.4 Å². The Morgan fingerprint density at radius 1 is 1.02 bits per heavy atom. The van der Waals surface area contributed by atoms with Gasteiger partial charge in [0.25, 0.3) is 0 Å². The second-order valence-corrected chi connectivity index (χ2v) is 16.0. The number of carbonyl (C=O) groups is 4. The molecule has 3 rings (SSSR count). The van der Waals surface area contributed by atoms with Gasteiger partial charge >= 0.3 is 18.0 Å². The first-order valence-corrected chi connectivity index (χ1v) is 19.2. The minimum atomic E-state index is -2.03. The number of methoxy groups -OCH3 is 1. The molecule has 1 amide bonds. The minimum absolute atomic E-state index is 0.0253. The summed E-state index contributed by atoms with van der Waals surface area (Å²) < 4.78 is 36.0. The van der Waals surface area contributed by atoms with Crippen LogP contribution >= 0.6 is 0 Å². The molecule has 0 radical (unpaired) electrons. The minimum Gasteiger partial charge on any atom is -0.460 e. The van der Waals surface area contributed by atoms with Crippen molar-refractivity contribution in [1.29, 1.82) is 0 Å². The lowest BCUT2D eigenvalue weighted by atomic mass is 9.74. The zero-order valence-electron chi connectivity index (χ0n) is 34.2. The molecular formula is C40H64N2O13. The number of ketones is 1. The summed E-state index contributed by atoms with van der Waals surface area (Å²) in [6.45, 7) is 12.3. The summed E-state index contributed by atoms with van der Waals surface area (Å²) in [5.41, 5.74) is -2.65. The zero-order chi connectivity index (χ0) is 41.4. The fraction of sp³-hybridized carbons (Fsp3) is 0.750. The van der Waals surface area contributed by atoms with Crippen molar-refractivity contribution in [3.8, 4) is 0 Å². The molecule has 2 heterocycles. The van der Waals surface area contributed by atoms with Gasteiger partial charge in [0.1, 0.15) is 42.8 Å². The van der Waals surface area contributed by atoms with Crippen molar-refractivity contribution in [3.63, 3.8) is 0 Å². The Bertz CT molecular complexity index is 1430. The SMILES string of the molecule is CCC1OC(=O)[C@H](C)C(OC(=O)CNC(=O)OCc2ccccc2)[C@H](C)[C@@H](O[C@@H]2O[C@H](C)C[C@H](N(C)C)[C@H]2O)[C@](C)(OC)C[C@@H](C)C(=O)[C@H](C)[C@@H](O)[C@]1(C)O. The maximum absolute atomic E-state index is 14.0. The Morgan fingerprint density at radius 2 is 1.65 bits per heavy atom. The maximum atomic E-state index is 14.0. The number of amides is 1. The first kappa shape index (κ1) is 46.2. The molecule has 0 spiro atoms. The van der Waals surface area contributed by atoms with Crippen LogP contribution < -0.4 is 5.32 Å². The average Bonchev–Trinajstić information content (AvgIpc) is 3.15. The van der Waals surface area contributed by atoms with Crippen LogP contribution in [0.4, 0.5) is 4.79 Å². The van der Waals surface area contributed by atoms with Crippen LogP contribution in [0.15, 0.2) is 30.3 Å². The van der Waals surface area contributed by atoms with E-state index in [2.05, 4.69) is 5.32 Å². The zero-order valence-corrected chi connectivity index (χ0v) is 34.2. The third kappa shape index (κ3) is 11.5. The molecule has 2 aliphatic rings. The normalized spacial score (nSPS) is 38.1. The first-order valence-electron chi connectivity index (χ1n) is 19.2. The Kier molecular flexibility index (Phi) is 16.6. The van der Waals surface area contributed by atoms with E-state index in [1.807, 2.05) is 32.0 Å². The Morgan fingerprint density at radius 3 is 2.24 bits per heavy atom. The summed E-state index contributed by atoms with van der Waals surface area (Å²) in [6.07, 6.45) is -8.15. The van der Waals surface area contributed by atoms with E-state index in [1.165, 1.54) is 27.9 Å². The standard InChI is InChI=1S/C40H64N2O13/c1-12-29-40(8,49)34(46)24(4)31(44)22(2)19-39(7,50-11)35(55-37-32(45)28(42(9)10)18-23(3)52-37)25(5)33(26(6)36(47)53-29)54-30(43)20-41-38(48)51-21-27-16-14-13-15-17-27/h13-17,22-26,28-29,32-35,37,45-46,49H,12,18-21H2,1-11H3,(H,41,48)/t22-,23-,24+,25+,26-,28+,29?,32-,33?,34-,35-,37+,39-,40-/m1/s1. The lowest BCUT2D eigenvalue weighted by molar-refractivity contribution is -0.301. The molecular weight excluding hydrogens is 716 g/mol. The molecule has 55 heavy (non-hydrogen) atoms. The summed E-state index contributed by atoms with van der Waals surface area (Å²) in [4.78, 5) is 55.8. The van der Waals surface area contributed by atoms with Gasteiger partial charge in [0.2, 0.25) is 0 Å². The fourth-order valence-electron chi connectivity index (χ4n) is 7.89. The van der Waals surface area contributed by atoms with Crippen LogP contribution in [-0.2, 0) is 49.4 Å². The van der Waals surface area contributed by atoms with Gasteiger partial charge in [-0.2, -0.15) is 0 Å². The Labute approximate surface area is 325 Å². The second kappa shape index (κ2) is 19.8. The van der Waals surface area contributed by atoms with Crippen molar-refractivity contribution in [1.82, 2.24) is 10.2 Å².